The van der Waals surface area contributed by atoms with Crippen molar-refractivity contribution in [3.63, 3.8) is 0 Å². The highest BCUT2D eigenvalue weighted by Crippen LogP contribution is 2.04. The van der Waals surface area contributed by atoms with Crippen LogP contribution >= 0.6 is 11.6 Å². The molecule has 0 fully saturated rings. The van der Waals surface area contributed by atoms with Gasteiger partial charge in [-0.3, -0.25) is 4.18 Å². The van der Waals surface area contributed by atoms with Crippen LogP contribution in [-0.4, -0.2) is 32.3 Å². The zero-order chi connectivity index (χ0) is 11.9. The first-order valence-electron chi connectivity index (χ1n) is 4.56. The second-order valence-electron chi connectivity index (χ2n) is 2.93. The van der Waals surface area contributed by atoms with E-state index in [0.717, 1.165) is 12.8 Å². The van der Waals surface area contributed by atoms with Gasteiger partial charge in [-0.2, -0.15) is 8.42 Å². The van der Waals surface area contributed by atoms with Crippen LogP contribution in [-0.2, 0) is 23.8 Å². The highest BCUT2D eigenvalue weighted by atomic mass is 35.5. The van der Waals surface area contributed by atoms with E-state index in [-0.39, 0.29) is 6.61 Å². The first kappa shape index (κ1) is 14.7. The van der Waals surface area contributed by atoms with Crippen LogP contribution in [0.5, 0.6) is 0 Å². The topological polar surface area (TPSA) is 69.7 Å². The van der Waals surface area contributed by atoms with Gasteiger partial charge in [0.2, 0.25) is 0 Å². The molecule has 0 amide bonds. The molecule has 15 heavy (non-hydrogen) atoms. The summed E-state index contributed by atoms with van der Waals surface area (Å²) in [6.07, 6.45) is 0.481. The third kappa shape index (κ3) is 6.70. The van der Waals surface area contributed by atoms with Gasteiger partial charge in [0.1, 0.15) is 5.21 Å². The zero-order valence-corrected chi connectivity index (χ0v) is 10.3. The van der Waals surface area contributed by atoms with Crippen molar-refractivity contribution in [3.05, 3.63) is 0 Å². The van der Waals surface area contributed by atoms with E-state index in [0.29, 0.717) is 0 Å². The van der Waals surface area contributed by atoms with Gasteiger partial charge in [0.15, 0.2) is 6.10 Å². The summed E-state index contributed by atoms with van der Waals surface area (Å²) in [5.74, 6) is -0.697. The fourth-order valence-electron chi connectivity index (χ4n) is 0.719. The van der Waals surface area contributed by atoms with E-state index in [1.165, 1.54) is 6.92 Å². The fraction of sp³-hybridized carbons (Fsp3) is 0.875. The lowest BCUT2D eigenvalue weighted by atomic mass is 10.3. The molecule has 0 rings (SSSR count). The maximum absolute atomic E-state index is 11.2. The molecule has 0 saturated carbocycles. The molecule has 0 aliphatic heterocycles. The number of unbranched alkanes of at least 4 members (excludes halogenated alkanes) is 1. The van der Waals surface area contributed by atoms with E-state index < -0.39 is 27.4 Å². The fourth-order valence-corrected chi connectivity index (χ4v) is 1.44. The molecule has 7 heteroatoms. The van der Waals surface area contributed by atoms with Gasteiger partial charge >= 0.3 is 5.97 Å². The summed E-state index contributed by atoms with van der Waals surface area (Å²) in [5, 5.41) is -0.681. The van der Waals surface area contributed by atoms with Crippen LogP contribution in [0.15, 0.2) is 0 Å². The van der Waals surface area contributed by atoms with Crippen LogP contribution in [0.25, 0.3) is 0 Å². The van der Waals surface area contributed by atoms with E-state index in [1.807, 2.05) is 6.92 Å². The van der Waals surface area contributed by atoms with Crippen molar-refractivity contribution in [2.24, 2.45) is 0 Å². The van der Waals surface area contributed by atoms with Gasteiger partial charge in [0, 0.05) is 0 Å². The summed E-state index contributed by atoms with van der Waals surface area (Å²) in [5.41, 5.74) is 0. The van der Waals surface area contributed by atoms with Crippen molar-refractivity contribution >= 4 is 27.7 Å². The number of esters is 1. The molecule has 1 atom stereocenters. The number of hydrogen-bond acceptors (Lipinski definition) is 5. The molecule has 0 spiro atoms. The van der Waals surface area contributed by atoms with Crippen LogP contribution < -0.4 is 0 Å². The van der Waals surface area contributed by atoms with Crippen LogP contribution in [0.2, 0.25) is 0 Å². The minimum atomic E-state index is -3.83. The highest BCUT2D eigenvalue weighted by molar-refractivity contribution is 7.87. The van der Waals surface area contributed by atoms with E-state index in [2.05, 4.69) is 4.18 Å². The number of carbonyl (C=O) groups is 1. The predicted octanol–water partition coefficient (Wildman–Crippen LogP) is 1.26. The number of hydrogen-bond donors (Lipinski definition) is 0. The third-order valence-corrected chi connectivity index (χ3v) is 3.15. The molecule has 0 aromatic rings. The molecule has 90 valence electrons. The van der Waals surface area contributed by atoms with Gasteiger partial charge in [0.25, 0.3) is 10.1 Å². The summed E-state index contributed by atoms with van der Waals surface area (Å²) in [4.78, 5) is 11.2. The molecular weight excluding hydrogens is 244 g/mol. The van der Waals surface area contributed by atoms with Gasteiger partial charge in [-0.15, -0.1) is 11.6 Å². The normalized spacial score (nSPS) is 13.5. The van der Waals surface area contributed by atoms with Gasteiger partial charge in [-0.25, -0.2) is 4.79 Å². The quantitative estimate of drug-likeness (QED) is 0.298. The van der Waals surface area contributed by atoms with Crippen molar-refractivity contribution in [3.8, 4) is 0 Å². The average molecular weight is 259 g/mol. The summed E-state index contributed by atoms with van der Waals surface area (Å²) >= 11 is 5.10. The van der Waals surface area contributed by atoms with Gasteiger partial charge in [-0.05, 0) is 13.3 Å². The number of rotatable bonds is 7. The molecule has 0 aliphatic carbocycles. The lowest BCUT2D eigenvalue weighted by Gasteiger charge is -2.10. The minimum Gasteiger partial charge on any atom is -0.464 e. The van der Waals surface area contributed by atoms with Crippen molar-refractivity contribution in [1.29, 1.82) is 0 Å². The van der Waals surface area contributed by atoms with Gasteiger partial charge in [0.05, 0.1) is 6.61 Å². The molecule has 0 aliphatic rings. The Morgan fingerprint density at radius 2 is 2.07 bits per heavy atom. The highest BCUT2D eigenvalue weighted by Gasteiger charge is 2.22. The van der Waals surface area contributed by atoms with Crippen molar-refractivity contribution in [2.45, 2.75) is 32.8 Å². The SMILES string of the molecule is CCCCOC(=O)[C@H](C)OS(=O)(=O)CCl. The minimum absolute atomic E-state index is 0.268. The Morgan fingerprint density at radius 1 is 1.47 bits per heavy atom. The van der Waals surface area contributed by atoms with Crippen LogP contribution in [0.3, 0.4) is 0 Å². The van der Waals surface area contributed by atoms with Crippen molar-refractivity contribution in [2.75, 3.05) is 11.8 Å². The maximum Gasteiger partial charge on any atom is 0.336 e. The van der Waals surface area contributed by atoms with E-state index >= 15 is 0 Å². The monoisotopic (exact) mass is 258 g/mol. The van der Waals surface area contributed by atoms with Crippen LogP contribution in [0.4, 0.5) is 0 Å². The molecule has 0 unspecified atom stereocenters. The Labute approximate surface area is 94.8 Å². The largest absolute Gasteiger partial charge is 0.464 e. The van der Waals surface area contributed by atoms with Gasteiger partial charge < -0.3 is 4.74 Å². The summed E-state index contributed by atoms with van der Waals surface area (Å²) in [6, 6.07) is 0. The second-order valence-corrected chi connectivity index (χ2v) is 5.11. The summed E-state index contributed by atoms with van der Waals surface area (Å²) in [6.45, 7) is 3.52. The summed E-state index contributed by atoms with van der Waals surface area (Å²) in [7, 11) is -3.83. The number of halogens is 1. The Morgan fingerprint density at radius 3 is 2.53 bits per heavy atom. The molecule has 0 N–H and O–H groups in total. The Bertz CT molecular complexity index is 287. The third-order valence-electron chi connectivity index (χ3n) is 1.50. The predicted molar refractivity (Wildman–Crippen MR) is 56.1 cm³/mol. The van der Waals surface area contributed by atoms with E-state index in [9.17, 15) is 13.2 Å². The van der Waals surface area contributed by atoms with Crippen molar-refractivity contribution < 1.29 is 22.1 Å². The summed E-state index contributed by atoms with van der Waals surface area (Å²) < 4.78 is 31.0. The standard InChI is InChI=1S/C8H15ClO5S/c1-3-4-5-13-8(10)7(2)14-15(11,12)6-9/h7H,3-6H2,1-2H3/t7-/m0/s1. The lowest BCUT2D eigenvalue weighted by Crippen LogP contribution is -2.27. The first-order valence-corrected chi connectivity index (χ1v) is 6.67. The Kier molecular flexibility index (Phi) is 6.87. The molecule has 5 nitrogen and oxygen atoms in total. The number of alkyl halides is 1. The van der Waals surface area contributed by atoms with Crippen LogP contribution in [0.1, 0.15) is 26.7 Å². The van der Waals surface area contributed by atoms with Gasteiger partial charge in [-0.1, -0.05) is 13.3 Å². The molecule has 0 bridgehead atoms. The Balaban J connectivity index is 4.00. The van der Waals surface area contributed by atoms with E-state index in [1.54, 1.807) is 0 Å². The molecule has 0 radical (unpaired) electrons. The molecular formula is C8H15ClO5S. The van der Waals surface area contributed by atoms with Crippen molar-refractivity contribution in [1.82, 2.24) is 0 Å². The van der Waals surface area contributed by atoms with E-state index in [4.69, 9.17) is 16.3 Å². The molecule has 0 saturated heterocycles. The lowest BCUT2D eigenvalue weighted by molar-refractivity contribution is -0.151. The molecule has 0 heterocycles. The molecule has 0 aromatic carbocycles. The number of carbonyl (C=O) groups excluding carboxylic acids is 1. The number of ether oxygens (including phenoxy) is 1. The maximum atomic E-state index is 11.2. The second kappa shape index (κ2) is 7.03. The van der Waals surface area contributed by atoms with Crippen LogP contribution in [0, 0.1) is 0 Å². The average Bonchev–Trinajstić information content (AvgIpc) is 2.17. The smallest absolute Gasteiger partial charge is 0.336 e. The Hall–Kier alpha value is -0.330. The first-order chi connectivity index (χ1) is 6.93. The zero-order valence-electron chi connectivity index (χ0n) is 8.73. The molecule has 0 aromatic heterocycles.